The highest BCUT2D eigenvalue weighted by molar-refractivity contribution is 6.07. The minimum absolute atomic E-state index is 0.0167. The number of fused-ring (bicyclic) bond motifs is 2. The average molecular weight is 383 g/mol. The molecule has 1 aliphatic carbocycles. The number of aromatic nitrogens is 2. The van der Waals surface area contributed by atoms with Gasteiger partial charge in [0.15, 0.2) is 0 Å². The summed E-state index contributed by atoms with van der Waals surface area (Å²) in [4.78, 5) is 32.4. The summed E-state index contributed by atoms with van der Waals surface area (Å²) in [5, 5.41) is 0.285. The maximum Gasteiger partial charge on any atom is 0.263 e. The number of H-pyrrole nitrogens is 2. The Morgan fingerprint density at radius 1 is 1.18 bits per heavy atom. The van der Waals surface area contributed by atoms with Crippen LogP contribution in [-0.2, 0) is 5.41 Å². The molecule has 1 aromatic carbocycles. The fraction of sp³-hybridized carbons (Fsp3) is 0.333. The Hall–Kier alpha value is -2.96. The van der Waals surface area contributed by atoms with Crippen LogP contribution in [0.15, 0.2) is 47.5 Å². The van der Waals surface area contributed by atoms with Crippen LogP contribution in [0.5, 0.6) is 0 Å². The van der Waals surface area contributed by atoms with Crippen LogP contribution < -0.4 is 5.56 Å². The Balaban J connectivity index is 1.47. The number of carbonyl (C=O) groups excluding carboxylic acids is 1. The molecule has 2 aliphatic rings. The van der Waals surface area contributed by atoms with Crippen LogP contribution in [0.2, 0.25) is 0 Å². The minimum atomic E-state index is -2.84. The molecule has 28 heavy (non-hydrogen) atoms. The number of benzene rings is 1. The van der Waals surface area contributed by atoms with Crippen LogP contribution in [-0.4, -0.2) is 39.8 Å². The van der Waals surface area contributed by atoms with Gasteiger partial charge in [-0.15, -0.1) is 0 Å². The van der Waals surface area contributed by atoms with E-state index in [1.807, 2.05) is 13.0 Å². The summed E-state index contributed by atoms with van der Waals surface area (Å²) in [5.41, 5.74) is 0.729. The standard InChI is InChI=1S/C21H19F2N3O2/c1-12-9-25-18(27)16-14(10-24-17(12)16)19(28)26-8-7-20(13-5-3-2-4-6-13)15(11-26)21(20,22)23/h2-6,9-10,15,24H,7-8,11H2,1H3,(H,25,27). The van der Waals surface area contributed by atoms with Crippen molar-refractivity contribution in [1.29, 1.82) is 0 Å². The number of piperidine rings is 1. The van der Waals surface area contributed by atoms with Crippen molar-refractivity contribution in [3.8, 4) is 0 Å². The van der Waals surface area contributed by atoms with E-state index in [2.05, 4.69) is 9.97 Å². The van der Waals surface area contributed by atoms with E-state index in [1.54, 1.807) is 30.5 Å². The zero-order valence-corrected chi connectivity index (χ0v) is 15.3. The van der Waals surface area contributed by atoms with Gasteiger partial charge in [-0.1, -0.05) is 30.3 Å². The number of hydrogen-bond donors (Lipinski definition) is 2. The first-order chi connectivity index (χ1) is 13.4. The van der Waals surface area contributed by atoms with Gasteiger partial charge in [-0.2, -0.15) is 0 Å². The van der Waals surface area contributed by atoms with Crippen LogP contribution in [0, 0.1) is 12.8 Å². The lowest BCUT2D eigenvalue weighted by atomic mass is 9.87. The van der Waals surface area contributed by atoms with Gasteiger partial charge in [-0.05, 0) is 24.5 Å². The topological polar surface area (TPSA) is 69.0 Å². The van der Waals surface area contributed by atoms with E-state index >= 15 is 0 Å². The second-order valence-electron chi connectivity index (χ2n) is 7.77. The Labute approximate surface area is 159 Å². The molecule has 2 N–H and O–H groups in total. The van der Waals surface area contributed by atoms with Crippen molar-refractivity contribution in [3.05, 3.63) is 69.8 Å². The first kappa shape index (κ1) is 17.2. The number of nitrogens with zero attached hydrogens (tertiary/aromatic N) is 1. The zero-order chi connectivity index (χ0) is 19.7. The number of halogens is 2. The fourth-order valence-corrected chi connectivity index (χ4v) is 4.85. The summed E-state index contributed by atoms with van der Waals surface area (Å²) >= 11 is 0. The summed E-state index contributed by atoms with van der Waals surface area (Å²) in [7, 11) is 0. The van der Waals surface area contributed by atoms with Crippen molar-refractivity contribution in [3.63, 3.8) is 0 Å². The number of rotatable bonds is 2. The number of hydrogen-bond acceptors (Lipinski definition) is 2. The zero-order valence-electron chi connectivity index (χ0n) is 15.3. The number of pyridine rings is 1. The van der Waals surface area contributed by atoms with Crippen LogP contribution >= 0.6 is 0 Å². The van der Waals surface area contributed by atoms with Crippen LogP contribution in [0.1, 0.15) is 27.9 Å². The lowest BCUT2D eigenvalue weighted by Crippen LogP contribution is -2.40. The minimum Gasteiger partial charge on any atom is -0.360 e. The third kappa shape index (κ3) is 2.04. The Kier molecular flexibility index (Phi) is 3.39. The van der Waals surface area contributed by atoms with E-state index in [9.17, 15) is 18.4 Å². The van der Waals surface area contributed by atoms with Crippen molar-refractivity contribution in [2.24, 2.45) is 5.92 Å². The highest BCUT2D eigenvalue weighted by atomic mass is 19.3. The number of nitrogens with one attached hydrogen (secondary N) is 2. The normalized spacial score (nSPS) is 25.5. The molecule has 2 fully saturated rings. The predicted octanol–water partition coefficient (Wildman–Crippen LogP) is 3.21. The van der Waals surface area contributed by atoms with Gasteiger partial charge in [-0.3, -0.25) is 9.59 Å². The Morgan fingerprint density at radius 2 is 1.93 bits per heavy atom. The Morgan fingerprint density at radius 3 is 2.64 bits per heavy atom. The molecule has 1 amide bonds. The predicted molar refractivity (Wildman–Crippen MR) is 101 cm³/mol. The molecule has 1 aliphatic heterocycles. The molecule has 2 aromatic heterocycles. The molecule has 0 spiro atoms. The van der Waals surface area contributed by atoms with Crippen LogP contribution in [0.4, 0.5) is 8.78 Å². The van der Waals surface area contributed by atoms with Gasteiger partial charge in [0.25, 0.3) is 17.4 Å². The molecule has 2 atom stereocenters. The van der Waals surface area contributed by atoms with Crippen molar-refractivity contribution >= 4 is 16.8 Å². The third-order valence-corrected chi connectivity index (χ3v) is 6.45. The van der Waals surface area contributed by atoms with E-state index < -0.39 is 17.3 Å². The van der Waals surface area contributed by atoms with Gasteiger partial charge in [0.05, 0.1) is 27.8 Å². The molecule has 5 rings (SSSR count). The molecule has 3 heterocycles. The van der Waals surface area contributed by atoms with E-state index in [0.29, 0.717) is 11.1 Å². The summed E-state index contributed by atoms with van der Waals surface area (Å²) in [6.07, 6.45) is 3.28. The first-order valence-electron chi connectivity index (χ1n) is 9.30. The summed E-state index contributed by atoms with van der Waals surface area (Å²) in [6.45, 7) is 2.04. The highest BCUT2D eigenvalue weighted by Crippen LogP contribution is 2.70. The molecule has 0 bridgehead atoms. The van der Waals surface area contributed by atoms with Gasteiger partial charge in [0, 0.05) is 25.5 Å². The molecule has 3 aromatic rings. The van der Waals surface area contributed by atoms with Crippen LogP contribution in [0.25, 0.3) is 10.9 Å². The quantitative estimate of drug-likeness (QED) is 0.714. The Bertz CT molecular complexity index is 1150. The number of aromatic amines is 2. The van der Waals surface area contributed by atoms with Crippen molar-refractivity contribution in [2.75, 3.05) is 13.1 Å². The highest BCUT2D eigenvalue weighted by Gasteiger charge is 2.81. The fourth-order valence-electron chi connectivity index (χ4n) is 4.85. The SMILES string of the molecule is Cc1c[nH]c(=O)c2c(C(=O)N3CCC4(c5ccccc5)C(C3)C4(F)F)c[nH]c12. The summed E-state index contributed by atoms with van der Waals surface area (Å²) < 4.78 is 29.6. The first-order valence-corrected chi connectivity index (χ1v) is 9.30. The van der Waals surface area contributed by atoms with E-state index in [1.165, 1.54) is 11.1 Å². The van der Waals surface area contributed by atoms with Crippen molar-refractivity contribution in [2.45, 2.75) is 24.7 Å². The maximum absolute atomic E-state index is 14.8. The van der Waals surface area contributed by atoms with E-state index in [0.717, 1.165) is 5.56 Å². The van der Waals surface area contributed by atoms with Gasteiger partial charge in [0.1, 0.15) is 0 Å². The molecule has 1 saturated heterocycles. The number of alkyl halides is 2. The summed E-state index contributed by atoms with van der Waals surface area (Å²) in [5.74, 6) is -4.12. The number of amides is 1. The average Bonchev–Trinajstić information content (AvgIpc) is 3.02. The molecule has 144 valence electrons. The molecule has 2 unspecified atom stereocenters. The summed E-state index contributed by atoms with van der Waals surface area (Å²) in [6, 6.07) is 8.84. The number of carbonyl (C=O) groups is 1. The smallest absolute Gasteiger partial charge is 0.263 e. The second kappa shape index (κ2) is 5.53. The maximum atomic E-state index is 14.8. The van der Waals surface area contributed by atoms with Gasteiger partial charge in [-0.25, -0.2) is 8.78 Å². The largest absolute Gasteiger partial charge is 0.360 e. The molecular formula is C21H19F2N3O2. The third-order valence-electron chi connectivity index (χ3n) is 6.45. The van der Waals surface area contributed by atoms with E-state index in [4.69, 9.17) is 0 Å². The second-order valence-corrected chi connectivity index (χ2v) is 7.77. The lowest BCUT2D eigenvalue weighted by molar-refractivity contribution is 0.0691. The number of aryl methyl sites for hydroxylation is 1. The van der Waals surface area contributed by atoms with E-state index in [-0.39, 0.29) is 41.9 Å². The molecule has 5 nitrogen and oxygen atoms in total. The van der Waals surface area contributed by atoms with Gasteiger partial charge < -0.3 is 14.9 Å². The molecule has 1 saturated carbocycles. The van der Waals surface area contributed by atoms with Crippen molar-refractivity contribution < 1.29 is 13.6 Å². The molecule has 7 heteroatoms. The molecular weight excluding hydrogens is 364 g/mol. The monoisotopic (exact) mass is 383 g/mol. The van der Waals surface area contributed by atoms with Gasteiger partial charge >= 0.3 is 0 Å². The van der Waals surface area contributed by atoms with Crippen molar-refractivity contribution in [1.82, 2.24) is 14.9 Å². The van der Waals surface area contributed by atoms with Gasteiger partial charge in [0.2, 0.25) is 0 Å². The lowest BCUT2D eigenvalue weighted by Gasteiger charge is -2.30. The number of likely N-dealkylation sites (tertiary alicyclic amines) is 1. The van der Waals surface area contributed by atoms with Crippen LogP contribution in [0.3, 0.4) is 0 Å². The molecule has 0 radical (unpaired) electrons.